The molecule has 2 heterocycles. The van der Waals surface area contributed by atoms with Gasteiger partial charge in [0.25, 0.3) is 5.91 Å². The van der Waals surface area contributed by atoms with Crippen molar-refractivity contribution in [2.24, 2.45) is 11.7 Å². The number of aromatic nitrogens is 1. The smallest absolute Gasteiger partial charge is 0.276 e. The third-order valence-corrected chi connectivity index (χ3v) is 3.78. The number of primary amides is 1. The van der Waals surface area contributed by atoms with Crippen LogP contribution in [0.25, 0.3) is 0 Å². The van der Waals surface area contributed by atoms with Crippen LogP contribution in [0.15, 0.2) is 10.6 Å². The zero-order valence-electron chi connectivity index (χ0n) is 12.7. The summed E-state index contributed by atoms with van der Waals surface area (Å²) in [6, 6.07) is 1.59. The van der Waals surface area contributed by atoms with Gasteiger partial charge in [0, 0.05) is 45.6 Å². The van der Waals surface area contributed by atoms with Crippen molar-refractivity contribution in [3.63, 3.8) is 0 Å². The number of hydrogen-bond acceptors (Lipinski definition) is 5. The van der Waals surface area contributed by atoms with Crippen molar-refractivity contribution in [3.05, 3.63) is 17.5 Å². The number of carbonyl (C=O) groups excluding carboxylic acids is 3. The molecule has 2 rings (SSSR count). The Hall–Kier alpha value is -2.38. The number of nitrogens with zero attached hydrogens (tertiary/aromatic N) is 3. The lowest BCUT2D eigenvalue weighted by Crippen LogP contribution is -2.41. The Balaban J connectivity index is 2.17. The Morgan fingerprint density at radius 3 is 2.50 bits per heavy atom. The quantitative estimate of drug-likeness (QED) is 0.820. The lowest BCUT2D eigenvalue weighted by atomic mass is 10.1. The molecule has 8 heteroatoms. The summed E-state index contributed by atoms with van der Waals surface area (Å²) in [6.07, 6.45) is 0.641. The standard InChI is InChI=1S/C14H20N4O4/c1-3-11-6-12(16-22-11)14(21)18-5-4-17(9(2)19)7-10(8-18)13(15)20/h6,10H,3-5,7-8H2,1-2H3,(H2,15,20)/t10-/m1/s1. The normalized spacial score (nSPS) is 18.9. The van der Waals surface area contributed by atoms with E-state index in [-0.39, 0.29) is 30.6 Å². The summed E-state index contributed by atoms with van der Waals surface area (Å²) in [6.45, 7) is 4.43. The maximum absolute atomic E-state index is 12.5. The van der Waals surface area contributed by atoms with Gasteiger partial charge in [0.2, 0.25) is 11.8 Å². The predicted molar refractivity (Wildman–Crippen MR) is 76.7 cm³/mol. The summed E-state index contributed by atoms with van der Waals surface area (Å²) in [5.74, 6) is -0.960. The predicted octanol–water partition coefficient (Wildman–Crippen LogP) is -0.357. The van der Waals surface area contributed by atoms with Crippen molar-refractivity contribution in [1.29, 1.82) is 0 Å². The number of aryl methyl sites for hydroxylation is 1. The van der Waals surface area contributed by atoms with Gasteiger partial charge in [-0.25, -0.2) is 0 Å². The van der Waals surface area contributed by atoms with Crippen LogP contribution in [-0.4, -0.2) is 58.9 Å². The van der Waals surface area contributed by atoms with Gasteiger partial charge >= 0.3 is 0 Å². The summed E-state index contributed by atoms with van der Waals surface area (Å²) >= 11 is 0. The van der Waals surface area contributed by atoms with Crippen LogP contribution in [0.3, 0.4) is 0 Å². The Kier molecular flexibility index (Phi) is 4.79. The Labute approximate surface area is 128 Å². The molecule has 1 aromatic heterocycles. The van der Waals surface area contributed by atoms with Crippen molar-refractivity contribution in [2.75, 3.05) is 26.2 Å². The van der Waals surface area contributed by atoms with Crippen molar-refractivity contribution in [2.45, 2.75) is 20.3 Å². The fourth-order valence-electron chi connectivity index (χ4n) is 2.41. The maximum atomic E-state index is 12.5. The second-order valence-electron chi connectivity index (χ2n) is 5.35. The molecule has 22 heavy (non-hydrogen) atoms. The molecule has 8 nitrogen and oxygen atoms in total. The van der Waals surface area contributed by atoms with E-state index in [2.05, 4.69) is 5.16 Å². The number of amides is 3. The van der Waals surface area contributed by atoms with Gasteiger partial charge in [0.15, 0.2) is 5.69 Å². The van der Waals surface area contributed by atoms with Gasteiger partial charge in [0.05, 0.1) is 5.92 Å². The second-order valence-corrected chi connectivity index (χ2v) is 5.35. The van der Waals surface area contributed by atoms with Crippen LogP contribution in [0.4, 0.5) is 0 Å². The molecular formula is C14H20N4O4. The Bertz CT molecular complexity index is 583. The van der Waals surface area contributed by atoms with Gasteiger partial charge in [0.1, 0.15) is 5.76 Å². The van der Waals surface area contributed by atoms with Crippen LogP contribution < -0.4 is 5.73 Å². The highest BCUT2D eigenvalue weighted by atomic mass is 16.5. The van der Waals surface area contributed by atoms with Gasteiger partial charge in [-0.05, 0) is 0 Å². The van der Waals surface area contributed by atoms with Gasteiger partial charge in [-0.1, -0.05) is 12.1 Å². The van der Waals surface area contributed by atoms with E-state index in [1.807, 2.05) is 6.92 Å². The first-order valence-electron chi connectivity index (χ1n) is 7.22. The third kappa shape index (κ3) is 3.44. The SMILES string of the molecule is CCc1cc(C(=O)N2CCN(C(C)=O)C[C@@H](C(N)=O)C2)no1. The zero-order valence-corrected chi connectivity index (χ0v) is 12.7. The van der Waals surface area contributed by atoms with Crippen molar-refractivity contribution in [1.82, 2.24) is 15.0 Å². The first-order valence-corrected chi connectivity index (χ1v) is 7.22. The minimum Gasteiger partial charge on any atom is -0.369 e. The summed E-state index contributed by atoms with van der Waals surface area (Å²) < 4.78 is 5.04. The van der Waals surface area contributed by atoms with E-state index in [0.717, 1.165) is 0 Å². The molecule has 1 fully saturated rings. The fourth-order valence-corrected chi connectivity index (χ4v) is 2.41. The molecule has 0 saturated carbocycles. The topological polar surface area (TPSA) is 110 Å². The molecule has 120 valence electrons. The molecule has 1 aliphatic rings. The molecule has 0 radical (unpaired) electrons. The molecule has 0 unspecified atom stereocenters. The number of hydrogen-bond donors (Lipinski definition) is 1. The summed E-state index contributed by atoms with van der Waals surface area (Å²) in [4.78, 5) is 38.6. The molecule has 0 aromatic carbocycles. The van der Waals surface area contributed by atoms with Crippen LogP contribution in [0.5, 0.6) is 0 Å². The van der Waals surface area contributed by atoms with Crippen molar-refractivity contribution in [3.8, 4) is 0 Å². The minimum atomic E-state index is -0.590. The van der Waals surface area contributed by atoms with E-state index in [9.17, 15) is 14.4 Å². The number of rotatable bonds is 3. The fraction of sp³-hybridized carbons (Fsp3) is 0.571. The molecular weight excluding hydrogens is 288 g/mol. The molecule has 1 aromatic rings. The first kappa shape index (κ1) is 16.0. The summed E-state index contributed by atoms with van der Waals surface area (Å²) in [7, 11) is 0. The van der Waals surface area contributed by atoms with Crippen LogP contribution in [0.2, 0.25) is 0 Å². The molecule has 1 saturated heterocycles. The Morgan fingerprint density at radius 2 is 1.95 bits per heavy atom. The van der Waals surface area contributed by atoms with Gasteiger partial charge in [-0.15, -0.1) is 0 Å². The lowest BCUT2D eigenvalue weighted by molar-refractivity contribution is -0.130. The highest BCUT2D eigenvalue weighted by Gasteiger charge is 2.31. The number of carbonyl (C=O) groups is 3. The van der Waals surface area contributed by atoms with E-state index in [4.69, 9.17) is 10.3 Å². The average molecular weight is 308 g/mol. The molecule has 0 aliphatic carbocycles. The highest BCUT2D eigenvalue weighted by molar-refractivity contribution is 5.93. The minimum absolute atomic E-state index is 0.143. The van der Waals surface area contributed by atoms with Gasteiger partial charge in [-0.2, -0.15) is 0 Å². The first-order chi connectivity index (χ1) is 10.4. The van der Waals surface area contributed by atoms with Crippen molar-refractivity contribution < 1.29 is 18.9 Å². The van der Waals surface area contributed by atoms with Crippen LogP contribution in [0, 0.1) is 5.92 Å². The molecule has 2 N–H and O–H groups in total. The van der Waals surface area contributed by atoms with Crippen molar-refractivity contribution >= 4 is 17.7 Å². The Morgan fingerprint density at radius 1 is 1.32 bits per heavy atom. The molecule has 0 bridgehead atoms. The van der Waals surface area contributed by atoms with E-state index >= 15 is 0 Å². The van der Waals surface area contributed by atoms with Crippen LogP contribution in [0.1, 0.15) is 30.1 Å². The number of nitrogens with two attached hydrogens (primary N) is 1. The molecule has 3 amide bonds. The summed E-state index contributed by atoms with van der Waals surface area (Å²) in [5, 5.41) is 3.75. The van der Waals surface area contributed by atoms with E-state index < -0.39 is 11.8 Å². The van der Waals surface area contributed by atoms with E-state index in [1.165, 1.54) is 16.7 Å². The largest absolute Gasteiger partial charge is 0.369 e. The lowest BCUT2D eigenvalue weighted by Gasteiger charge is -2.21. The van der Waals surface area contributed by atoms with E-state index in [1.54, 1.807) is 6.07 Å². The molecule has 0 spiro atoms. The third-order valence-electron chi connectivity index (χ3n) is 3.78. The maximum Gasteiger partial charge on any atom is 0.276 e. The molecule has 1 aliphatic heterocycles. The molecule has 1 atom stereocenters. The van der Waals surface area contributed by atoms with E-state index in [0.29, 0.717) is 25.3 Å². The van der Waals surface area contributed by atoms with Gasteiger partial charge < -0.3 is 20.1 Å². The van der Waals surface area contributed by atoms with Crippen LogP contribution in [-0.2, 0) is 16.0 Å². The van der Waals surface area contributed by atoms with Crippen LogP contribution >= 0.6 is 0 Å². The summed E-state index contributed by atoms with van der Waals surface area (Å²) in [5.41, 5.74) is 5.58. The average Bonchev–Trinajstić information content (AvgIpc) is 2.83. The zero-order chi connectivity index (χ0) is 16.3. The second kappa shape index (κ2) is 6.59. The monoisotopic (exact) mass is 308 g/mol. The van der Waals surface area contributed by atoms with Gasteiger partial charge in [-0.3, -0.25) is 14.4 Å². The highest BCUT2D eigenvalue weighted by Crippen LogP contribution is 2.14.